The van der Waals surface area contributed by atoms with Crippen LogP contribution in [0.1, 0.15) is 27.2 Å². The summed E-state index contributed by atoms with van der Waals surface area (Å²) in [4.78, 5) is 20.9. The molecule has 1 heterocycles. The van der Waals surface area contributed by atoms with Gasteiger partial charge in [0.2, 0.25) is 5.95 Å². The summed E-state index contributed by atoms with van der Waals surface area (Å²) in [5.74, 6) is 1.45. The van der Waals surface area contributed by atoms with Gasteiger partial charge in [-0.2, -0.15) is 0 Å². The minimum atomic E-state index is -0.248. The van der Waals surface area contributed by atoms with Crippen LogP contribution < -0.4 is 20.1 Å². The molecule has 0 unspecified atom stereocenters. The Morgan fingerprint density at radius 2 is 1.66 bits per heavy atom. The van der Waals surface area contributed by atoms with E-state index in [1.807, 2.05) is 49.4 Å². The van der Waals surface area contributed by atoms with Gasteiger partial charge in [-0.1, -0.05) is 35.9 Å². The second-order valence-corrected chi connectivity index (χ2v) is 6.48. The molecule has 0 aliphatic carbocycles. The monoisotopic (exact) mass is 392 g/mol. The predicted molar refractivity (Wildman–Crippen MR) is 111 cm³/mol. The number of benzene rings is 2. The molecule has 0 spiro atoms. The molecule has 3 rings (SSSR count). The number of nitrogens with one attached hydrogen (secondary N) is 2. The fraction of sp³-hybridized carbons (Fsp3) is 0.227. The Labute approximate surface area is 170 Å². The smallest absolute Gasteiger partial charge is 0.270 e. The number of rotatable bonds is 8. The first-order valence-electron chi connectivity index (χ1n) is 9.20. The van der Waals surface area contributed by atoms with Crippen molar-refractivity contribution in [3.05, 3.63) is 77.1 Å². The van der Waals surface area contributed by atoms with Crippen molar-refractivity contribution in [1.29, 1.82) is 0 Å². The highest BCUT2D eigenvalue weighted by Gasteiger charge is 2.09. The maximum atomic E-state index is 12.4. The van der Waals surface area contributed by atoms with Crippen LogP contribution >= 0.6 is 0 Å². The fourth-order valence-corrected chi connectivity index (χ4v) is 2.72. The first-order chi connectivity index (χ1) is 14.1. The Hall–Kier alpha value is -3.61. The lowest BCUT2D eigenvalue weighted by molar-refractivity contribution is 0.0946. The van der Waals surface area contributed by atoms with Crippen LogP contribution in [0.25, 0.3) is 0 Å². The van der Waals surface area contributed by atoms with Crippen LogP contribution in [0, 0.1) is 6.92 Å². The van der Waals surface area contributed by atoms with Gasteiger partial charge in [0, 0.05) is 19.3 Å². The fourth-order valence-electron chi connectivity index (χ4n) is 2.72. The normalized spacial score (nSPS) is 10.3. The Kier molecular flexibility index (Phi) is 6.63. The minimum absolute atomic E-state index is 0.248. The Bertz CT molecular complexity index is 974. The summed E-state index contributed by atoms with van der Waals surface area (Å²) in [6, 6.07) is 15.2. The topological polar surface area (TPSA) is 85.4 Å². The average Bonchev–Trinajstić information content (AvgIpc) is 2.77. The van der Waals surface area contributed by atoms with E-state index in [0.29, 0.717) is 36.2 Å². The molecule has 0 bridgehead atoms. The number of hydrogen-bond acceptors (Lipinski definition) is 6. The lowest BCUT2D eigenvalue weighted by Gasteiger charge is -2.11. The molecule has 2 aromatic carbocycles. The number of aryl methyl sites for hydroxylation is 1. The van der Waals surface area contributed by atoms with E-state index in [4.69, 9.17) is 9.47 Å². The van der Waals surface area contributed by atoms with Crippen LogP contribution in [0.4, 0.5) is 5.95 Å². The molecule has 29 heavy (non-hydrogen) atoms. The molecule has 0 aliphatic rings. The van der Waals surface area contributed by atoms with E-state index in [9.17, 15) is 4.79 Å². The molecule has 150 valence electrons. The number of aromatic nitrogens is 2. The lowest BCUT2D eigenvalue weighted by Crippen LogP contribution is -2.24. The van der Waals surface area contributed by atoms with Gasteiger partial charge in [-0.3, -0.25) is 4.79 Å². The zero-order valence-electron chi connectivity index (χ0n) is 16.7. The zero-order valence-corrected chi connectivity index (χ0v) is 16.7. The number of carbonyl (C=O) groups is 1. The number of nitrogens with zero attached hydrogens (tertiary/aromatic N) is 2. The standard InChI is InChI=1S/C22H24N4O3/c1-15-4-6-16(7-5-15)13-24-21(27)18-10-11-23-22(26-18)25-14-17-8-9-19(28-2)20(12-17)29-3/h4-12H,13-14H2,1-3H3,(H,24,27)(H,23,25,26). The van der Waals surface area contributed by atoms with E-state index < -0.39 is 0 Å². The number of hydrogen-bond donors (Lipinski definition) is 2. The number of amides is 1. The van der Waals surface area contributed by atoms with Gasteiger partial charge in [-0.05, 0) is 36.2 Å². The van der Waals surface area contributed by atoms with Crippen molar-refractivity contribution in [3.8, 4) is 11.5 Å². The van der Waals surface area contributed by atoms with Crippen LogP contribution in [-0.2, 0) is 13.1 Å². The molecule has 0 saturated carbocycles. The average molecular weight is 392 g/mol. The third kappa shape index (κ3) is 5.44. The summed E-state index contributed by atoms with van der Waals surface area (Å²) in [5, 5.41) is 6.00. The highest BCUT2D eigenvalue weighted by Crippen LogP contribution is 2.27. The van der Waals surface area contributed by atoms with Crippen LogP contribution in [0.15, 0.2) is 54.7 Å². The molecule has 7 heteroatoms. The number of anilines is 1. The van der Waals surface area contributed by atoms with E-state index in [1.54, 1.807) is 26.5 Å². The summed E-state index contributed by atoms with van der Waals surface area (Å²) in [6.45, 7) is 2.95. The molecule has 1 aromatic heterocycles. The van der Waals surface area contributed by atoms with Gasteiger partial charge in [-0.15, -0.1) is 0 Å². The Morgan fingerprint density at radius 3 is 2.38 bits per heavy atom. The first-order valence-corrected chi connectivity index (χ1v) is 9.20. The van der Waals surface area contributed by atoms with Crippen molar-refractivity contribution in [2.24, 2.45) is 0 Å². The van der Waals surface area contributed by atoms with E-state index in [-0.39, 0.29) is 5.91 Å². The molecule has 0 fully saturated rings. The predicted octanol–water partition coefficient (Wildman–Crippen LogP) is 3.34. The van der Waals surface area contributed by atoms with Gasteiger partial charge in [0.1, 0.15) is 5.69 Å². The highest BCUT2D eigenvalue weighted by molar-refractivity contribution is 5.92. The molecule has 0 atom stereocenters. The summed E-state index contributed by atoms with van der Waals surface area (Å²) < 4.78 is 10.6. The Balaban J connectivity index is 1.60. The SMILES string of the molecule is COc1ccc(CNc2nccc(C(=O)NCc3ccc(C)cc3)n2)cc1OC. The lowest BCUT2D eigenvalue weighted by atomic mass is 10.1. The van der Waals surface area contributed by atoms with Gasteiger partial charge >= 0.3 is 0 Å². The van der Waals surface area contributed by atoms with Gasteiger partial charge in [0.15, 0.2) is 11.5 Å². The molecule has 2 N–H and O–H groups in total. The largest absolute Gasteiger partial charge is 0.493 e. The van der Waals surface area contributed by atoms with Crippen molar-refractivity contribution in [3.63, 3.8) is 0 Å². The second-order valence-electron chi connectivity index (χ2n) is 6.48. The summed E-state index contributed by atoms with van der Waals surface area (Å²) >= 11 is 0. The first kappa shape index (κ1) is 20.1. The van der Waals surface area contributed by atoms with Crippen LogP contribution in [-0.4, -0.2) is 30.1 Å². The Morgan fingerprint density at radius 1 is 0.931 bits per heavy atom. The molecular formula is C22H24N4O3. The van der Waals surface area contributed by atoms with E-state index in [0.717, 1.165) is 11.1 Å². The number of methoxy groups -OCH3 is 2. The van der Waals surface area contributed by atoms with Crippen molar-refractivity contribution in [2.75, 3.05) is 19.5 Å². The van der Waals surface area contributed by atoms with E-state index >= 15 is 0 Å². The van der Waals surface area contributed by atoms with Crippen molar-refractivity contribution >= 4 is 11.9 Å². The highest BCUT2D eigenvalue weighted by atomic mass is 16.5. The molecule has 3 aromatic rings. The van der Waals surface area contributed by atoms with Gasteiger partial charge in [0.05, 0.1) is 14.2 Å². The van der Waals surface area contributed by atoms with Gasteiger partial charge < -0.3 is 20.1 Å². The van der Waals surface area contributed by atoms with Gasteiger partial charge in [-0.25, -0.2) is 9.97 Å². The second kappa shape index (κ2) is 9.54. The number of ether oxygens (including phenoxy) is 2. The summed E-state index contributed by atoms with van der Waals surface area (Å²) in [6.07, 6.45) is 1.56. The van der Waals surface area contributed by atoms with Crippen LogP contribution in [0.5, 0.6) is 11.5 Å². The van der Waals surface area contributed by atoms with Gasteiger partial charge in [0.25, 0.3) is 5.91 Å². The minimum Gasteiger partial charge on any atom is -0.493 e. The molecule has 7 nitrogen and oxygen atoms in total. The van der Waals surface area contributed by atoms with E-state index in [1.165, 1.54) is 5.56 Å². The van der Waals surface area contributed by atoms with Crippen molar-refractivity contribution in [2.45, 2.75) is 20.0 Å². The molecule has 0 saturated heterocycles. The summed E-state index contributed by atoms with van der Waals surface area (Å²) in [7, 11) is 3.19. The third-order valence-electron chi connectivity index (χ3n) is 4.36. The maximum absolute atomic E-state index is 12.4. The van der Waals surface area contributed by atoms with E-state index in [2.05, 4.69) is 20.6 Å². The summed E-state index contributed by atoms with van der Waals surface area (Å²) in [5.41, 5.74) is 3.49. The molecule has 1 amide bonds. The molecule has 0 aliphatic heterocycles. The number of carbonyl (C=O) groups excluding carboxylic acids is 1. The quantitative estimate of drug-likeness (QED) is 0.612. The molecule has 0 radical (unpaired) electrons. The molecular weight excluding hydrogens is 368 g/mol. The zero-order chi connectivity index (χ0) is 20.6. The van der Waals surface area contributed by atoms with Crippen LogP contribution in [0.3, 0.4) is 0 Å². The third-order valence-corrected chi connectivity index (χ3v) is 4.36. The van der Waals surface area contributed by atoms with Crippen molar-refractivity contribution < 1.29 is 14.3 Å². The van der Waals surface area contributed by atoms with Crippen molar-refractivity contribution in [1.82, 2.24) is 15.3 Å². The van der Waals surface area contributed by atoms with Crippen LogP contribution in [0.2, 0.25) is 0 Å². The maximum Gasteiger partial charge on any atom is 0.270 e.